The second-order valence-corrected chi connectivity index (χ2v) is 4.78. The fourth-order valence-corrected chi connectivity index (χ4v) is 1.83. The van der Waals surface area contributed by atoms with Crippen LogP contribution >= 0.6 is 0 Å². The topological polar surface area (TPSA) is 93.0 Å². The summed E-state index contributed by atoms with van der Waals surface area (Å²) in [5.41, 5.74) is 6.15. The Balaban J connectivity index is 2.61. The van der Waals surface area contributed by atoms with Crippen LogP contribution in [0.5, 0.6) is 0 Å². The maximum absolute atomic E-state index is 11.7. The number of hydrogen-bond donors (Lipinski definition) is 3. The Bertz CT molecular complexity index is 463. The first-order valence-electron chi connectivity index (χ1n) is 6.22. The van der Waals surface area contributed by atoms with Gasteiger partial charge in [0.05, 0.1) is 0 Å². The van der Waals surface area contributed by atoms with Crippen molar-refractivity contribution in [2.24, 2.45) is 5.73 Å². The molecule has 1 amide bonds. The average Bonchev–Trinajstić information content (AvgIpc) is 2.64. The summed E-state index contributed by atoms with van der Waals surface area (Å²) in [7, 11) is 0. The highest BCUT2D eigenvalue weighted by Crippen LogP contribution is 2.25. The minimum atomic E-state index is -0.781. The standard InChI is InChI=1S/C13H22N4O2/c1-9-11(17-10(2)16-9)13(3,4)19-12(18)15-8-6-5-7-14/h5-6H,7-8,14H2,1-4H3,(H,15,18)(H,16,17)/b6-5+. The number of aryl methyl sites for hydroxylation is 2. The zero-order chi connectivity index (χ0) is 14.5. The first-order chi connectivity index (χ1) is 8.86. The Morgan fingerprint density at radius 2 is 2.16 bits per heavy atom. The zero-order valence-electron chi connectivity index (χ0n) is 11.9. The number of amides is 1. The van der Waals surface area contributed by atoms with Crippen molar-refractivity contribution in [1.82, 2.24) is 15.3 Å². The maximum atomic E-state index is 11.7. The van der Waals surface area contributed by atoms with Crippen LogP contribution < -0.4 is 11.1 Å². The van der Waals surface area contributed by atoms with E-state index in [0.29, 0.717) is 13.1 Å². The molecular weight excluding hydrogens is 244 g/mol. The molecule has 0 saturated carbocycles. The third-order valence-electron chi connectivity index (χ3n) is 2.59. The Morgan fingerprint density at radius 3 is 2.68 bits per heavy atom. The summed E-state index contributed by atoms with van der Waals surface area (Å²) in [5.74, 6) is 0.801. The molecule has 0 radical (unpaired) electrons. The highest BCUT2D eigenvalue weighted by molar-refractivity contribution is 5.68. The van der Waals surface area contributed by atoms with Gasteiger partial charge in [0, 0.05) is 18.8 Å². The molecule has 0 spiro atoms. The van der Waals surface area contributed by atoms with Gasteiger partial charge in [0.25, 0.3) is 0 Å². The van der Waals surface area contributed by atoms with Crippen molar-refractivity contribution in [3.63, 3.8) is 0 Å². The number of aromatic amines is 1. The second kappa shape index (κ2) is 6.38. The van der Waals surface area contributed by atoms with Gasteiger partial charge in [0.2, 0.25) is 0 Å². The molecule has 1 rings (SSSR count). The van der Waals surface area contributed by atoms with Crippen LogP contribution in [0.3, 0.4) is 0 Å². The van der Waals surface area contributed by atoms with Crippen molar-refractivity contribution < 1.29 is 9.53 Å². The molecule has 1 aromatic rings. The van der Waals surface area contributed by atoms with E-state index in [2.05, 4.69) is 15.3 Å². The number of rotatable bonds is 5. The number of hydrogen-bond acceptors (Lipinski definition) is 4. The van der Waals surface area contributed by atoms with Gasteiger partial charge in [-0.1, -0.05) is 12.2 Å². The Labute approximate surface area is 113 Å². The van der Waals surface area contributed by atoms with Crippen molar-refractivity contribution in [1.29, 1.82) is 0 Å². The number of aromatic nitrogens is 2. The third-order valence-corrected chi connectivity index (χ3v) is 2.59. The molecule has 0 atom stereocenters. The maximum Gasteiger partial charge on any atom is 0.408 e. The predicted octanol–water partition coefficient (Wildman–Crippen LogP) is 1.50. The van der Waals surface area contributed by atoms with Gasteiger partial charge in [-0.2, -0.15) is 0 Å². The smallest absolute Gasteiger partial charge is 0.408 e. The molecule has 0 unspecified atom stereocenters. The van der Waals surface area contributed by atoms with Crippen molar-refractivity contribution >= 4 is 6.09 Å². The fraction of sp³-hybridized carbons (Fsp3) is 0.538. The van der Waals surface area contributed by atoms with E-state index in [4.69, 9.17) is 10.5 Å². The number of nitrogens with one attached hydrogen (secondary N) is 2. The molecule has 106 valence electrons. The van der Waals surface area contributed by atoms with Gasteiger partial charge in [-0.3, -0.25) is 0 Å². The minimum absolute atomic E-state index is 0.394. The van der Waals surface area contributed by atoms with Gasteiger partial charge in [-0.25, -0.2) is 9.78 Å². The minimum Gasteiger partial charge on any atom is -0.437 e. The number of carbonyl (C=O) groups excluding carboxylic acids is 1. The summed E-state index contributed by atoms with van der Waals surface area (Å²) in [6.07, 6.45) is 3.07. The highest BCUT2D eigenvalue weighted by Gasteiger charge is 2.29. The number of nitrogens with two attached hydrogens (primary N) is 1. The second-order valence-electron chi connectivity index (χ2n) is 4.78. The van der Waals surface area contributed by atoms with Crippen LogP contribution in [0, 0.1) is 13.8 Å². The number of ether oxygens (including phenoxy) is 1. The van der Waals surface area contributed by atoms with Crippen molar-refractivity contribution in [2.75, 3.05) is 13.1 Å². The molecule has 0 aliphatic carbocycles. The van der Waals surface area contributed by atoms with E-state index in [1.807, 2.05) is 27.7 Å². The first kappa shape index (κ1) is 15.2. The van der Waals surface area contributed by atoms with Crippen LogP contribution in [0.4, 0.5) is 4.79 Å². The average molecular weight is 266 g/mol. The van der Waals surface area contributed by atoms with Crippen molar-refractivity contribution in [3.05, 3.63) is 29.4 Å². The van der Waals surface area contributed by atoms with Crippen LogP contribution in [-0.2, 0) is 10.3 Å². The summed E-state index contributed by atoms with van der Waals surface area (Å²) in [6.45, 7) is 8.24. The molecule has 0 aliphatic heterocycles. The van der Waals surface area contributed by atoms with E-state index in [-0.39, 0.29) is 0 Å². The molecule has 1 heterocycles. The summed E-state index contributed by atoms with van der Waals surface area (Å²) < 4.78 is 5.40. The molecule has 0 saturated heterocycles. The summed E-state index contributed by atoms with van der Waals surface area (Å²) >= 11 is 0. The Morgan fingerprint density at radius 1 is 1.47 bits per heavy atom. The molecule has 6 nitrogen and oxygen atoms in total. The molecule has 0 aliphatic rings. The number of H-pyrrole nitrogens is 1. The Kier molecular flexibility index (Phi) is 5.11. The van der Waals surface area contributed by atoms with E-state index in [1.54, 1.807) is 12.2 Å². The van der Waals surface area contributed by atoms with E-state index in [9.17, 15) is 4.79 Å². The van der Waals surface area contributed by atoms with Crippen LogP contribution in [-0.4, -0.2) is 29.2 Å². The molecule has 6 heteroatoms. The monoisotopic (exact) mass is 266 g/mol. The first-order valence-corrected chi connectivity index (χ1v) is 6.22. The third kappa shape index (κ3) is 4.40. The number of nitrogens with zero attached hydrogens (tertiary/aromatic N) is 1. The molecule has 19 heavy (non-hydrogen) atoms. The molecule has 0 aromatic carbocycles. The van der Waals surface area contributed by atoms with Crippen molar-refractivity contribution in [2.45, 2.75) is 33.3 Å². The zero-order valence-corrected chi connectivity index (χ0v) is 11.9. The lowest BCUT2D eigenvalue weighted by atomic mass is 10.0. The largest absolute Gasteiger partial charge is 0.437 e. The normalized spacial score (nSPS) is 11.8. The molecule has 1 aromatic heterocycles. The molecule has 0 bridgehead atoms. The number of alkyl carbamates (subject to hydrolysis) is 1. The molecule has 0 fully saturated rings. The van der Waals surface area contributed by atoms with Gasteiger partial charge in [0.15, 0.2) is 5.60 Å². The fourth-order valence-electron chi connectivity index (χ4n) is 1.83. The lowest BCUT2D eigenvalue weighted by Crippen LogP contribution is -2.33. The van der Waals surface area contributed by atoms with Crippen LogP contribution in [0.25, 0.3) is 0 Å². The summed E-state index contributed by atoms with van der Waals surface area (Å²) in [5, 5.41) is 2.63. The van der Waals surface area contributed by atoms with Gasteiger partial charge in [0.1, 0.15) is 11.5 Å². The van der Waals surface area contributed by atoms with Gasteiger partial charge in [-0.05, 0) is 27.7 Å². The number of carbonyl (C=O) groups is 1. The van der Waals surface area contributed by atoms with E-state index >= 15 is 0 Å². The molecule has 4 N–H and O–H groups in total. The summed E-state index contributed by atoms with van der Waals surface area (Å²) in [6, 6.07) is 0. The van der Waals surface area contributed by atoms with Gasteiger partial charge >= 0.3 is 6.09 Å². The van der Waals surface area contributed by atoms with Crippen LogP contribution in [0.1, 0.15) is 31.1 Å². The SMILES string of the molecule is Cc1nc(C(C)(C)OC(=O)NC/C=C/CN)c(C)[nH]1. The lowest BCUT2D eigenvalue weighted by molar-refractivity contribution is 0.0337. The van der Waals surface area contributed by atoms with E-state index in [0.717, 1.165) is 17.2 Å². The van der Waals surface area contributed by atoms with E-state index in [1.165, 1.54) is 0 Å². The number of imidazole rings is 1. The quantitative estimate of drug-likeness (QED) is 0.704. The van der Waals surface area contributed by atoms with Gasteiger partial charge < -0.3 is 20.8 Å². The predicted molar refractivity (Wildman–Crippen MR) is 73.8 cm³/mol. The van der Waals surface area contributed by atoms with Gasteiger partial charge in [-0.15, -0.1) is 0 Å². The molecular formula is C13H22N4O2. The lowest BCUT2D eigenvalue weighted by Gasteiger charge is -2.24. The van der Waals surface area contributed by atoms with Crippen molar-refractivity contribution in [3.8, 4) is 0 Å². The van der Waals surface area contributed by atoms with Crippen LogP contribution in [0.15, 0.2) is 12.2 Å². The van der Waals surface area contributed by atoms with Crippen LogP contribution in [0.2, 0.25) is 0 Å². The summed E-state index contributed by atoms with van der Waals surface area (Å²) in [4.78, 5) is 19.1. The Hall–Kier alpha value is -1.82. The van der Waals surface area contributed by atoms with E-state index < -0.39 is 11.7 Å². The highest BCUT2D eigenvalue weighted by atomic mass is 16.6.